The lowest BCUT2D eigenvalue weighted by Gasteiger charge is -2.08. The Bertz CT molecular complexity index is 940. The van der Waals surface area contributed by atoms with E-state index < -0.39 is 0 Å². The van der Waals surface area contributed by atoms with Gasteiger partial charge in [-0.05, 0) is 19.9 Å². The summed E-state index contributed by atoms with van der Waals surface area (Å²) in [6.07, 6.45) is 1.48. The molecule has 1 aromatic carbocycles. The predicted molar refractivity (Wildman–Crippen MR) is 79.1 cm³/mol. The average molecular weight is 283 g/mol. The van der Waals surface area contributed by atoms with Crippen LogP contribution in [0.3, 0.4) is 0 Å². The molecule has 3 aromatic rings. The largest absolute Gasteiger partial charge is 0.497 e. The first-order chi connectivity index (χ1) is 10.0. The van der Waals surface area contributed by atoms with Gasteiger partial charge in [0.25, 0.3) is 0 Å². The Labute approximate surface area is 120 Å². The van der Waals surface area contributed by atoms with E-state index >= 15 is 0 Å². The van der Waals surface area contributed by atoms with Crippen LogP contribution in [0.4, 0.5) is 0 Å². The number of hydrogen-bond acceptors (Lipinski definition) is 5. The molecule has 0 fully saturated rings. The van der Waals surface area contributed by atoms with Crippen molar-refractivity contribution in [3.05, 3.63) is 45.9 Å². The second kappa shape index (κ2) is 4.70. The van der Waals surface area contributed by atoms with Gasteiger partial charge in [0.1, 0.15) is 16.9 Å². The van der Waals surface area contributed by atoms with Gasteiger partial charge in [0, 0.05) is 29.6 Å². The number of fused-ring (bicyclic) bond motifs is 2. The van der Waals surface area contributed by atoms with Gasteiger partial charge in [-0.1, -0.05) is 0 Å². The summed E-state index contributed by atoms with van der Waals surface area (Å²) in [4.78, 5) is 28.6. The lowest BCUT2D eigenvalue weighted by molar-refractivity contribution is 0.101. The second-order valence-electron chi connectivity index (χ2n) is 4.86. The highest BCUT2D eigenvalue weighted by atomic mass is 16.5. The molecule has 0 atom stereocenters. The van der Waals surface area contributed by atoms with E-state index in [0.717, 1.165) is 5.69 Å². The Morgan fingerprint density at radius 3 is 2.67 bits per heavy atom. The summed E-state index contributed by atoms with van der Waals surface area (Å²) in [6.45, 7) is 3.22. The first kappa shape index (κ1) is 13.3. The third-order valence-corrected chi connectivity index (χ3v) is 3.39. The topological polar surface area (TPSA) is 69.4 Å². The Kier molecular flexibility index (Phi) is 2.97. The van der Waals surface area contributed by atoms with Crippen molar-refractivity contribution < 1.29 is 13.9 Å². The first-order valence-electron chi connectivity index (χ1n) is 6.43. The number of ether oxygens (including phenoxy) is 1. The number of Topliss-reactive ketones (excluding diaryl/α,β-unsaturated/α-hetero) is 1. The van der Waals surface area contributed by atoms with Crippen LogP contribution in [0.5, 0.6) is 5.75 Å². The molecule has 5 nitrogen and oxygen atoms in total. The molecule has 0 spiro atoms. The smallest absolute Gasteiger partial charge is 0.202 e. The van der Waals surface area contributed by atoms with Gasteiger partial charge in [-0.25, -0.2) is 0 Å². The molecule has 2 heterocycles. The van der Waals surface area contributed by atoms with Crippen LogP contribution >= 0.6 is 0 Å². The van der Waals surface area contributed by atoms with Crippen LogP contribution in [0.1, 0.15) is 23.0 Å². The molecule has 0 amide bonds. The maximum absolute atomic E-state index is 12.6. The molecule has 0 saturated carbocycles. The lowest BCUT2D eigenvalue weighted by atomic mass is 10.0. The summed E-state index contributed by atoms with van der Waals surface area (Å²) >= 11 is 0. The van der Waals surface area contributed by atoms with Crippen molar-refractivity contribution >= 4 is 27.7 Å². The van der Waals surface area contributed by atoms with E-state index in [-0.39, 0.29) is 16.6 Å². The zero-order valence-corrected chi connectivity index (χ0v) is 11.9. The Morgan fingerprint density at radius 2 is 2.00 bits per heavy atom. The van der Waals surface area contributed by atoms with Crippen LogP contribution in [0.15, 0.2) is 33.6 Å². The molecule has 0 aliphatic carbocycles. The summed E-state index contributed by atoms with van der Waals surface area (Å²) < 4.78 is 10.9. The number of carbonyl (C=O) groups is 1. The lowest BCUT2D eigenvalue weighted by Crippen LogP contribution is -2.08. The Morgan fingerprint density at radius 1 is 1.24 bits per heavy atom. The van der Waals surface area contributed by atoms with Crippen LogP contribution in [-0.4, -0.2) is 17.9 Å². The number of carbonyl (C=O) groups excluding carboxylic acids is 1. The summed E-state index contributed by atoms with van der Waals surface area (Å²) in [5, 5.41) is 0.627. The molecule has 106 valence electrons. The molecule has 0 bridgehead atoms. The number of pyridine rings is 1. The highest BCUT2D eigenvalue weighted by Gasteiger charge is 2.16. The summed E-state index contributed by atoms with van der Waals surface area (Å²) in [5.41, 5.74) is 1.57. The zero-order valence-electron chi connectivity index (χ0n) is 11.9. The van der Waals surface area contributed by atoms with E-state index in [1.165, 1.54) is 20.2 Å². The Balaban J connectivity index is 2.56. The van der Waals surface area contributed by atoms with Gasteiger partial charge in [0.05, 0.1) is 17.9 Å². The number of benzene rings is 1. The number of hydrogen-bond donors (Lipinski definition) is 0. The molecular formula is C16H13NO4. The normalized spacial score (nSPS) is 11.0. The van der Waals surface area contributed by atoms with E-state index in [1.807, 2.05) is 6.92 Å². The number of methoxy groups -OCH3 is 1. The molecule has 0 radical (unpaired) electrons. The van der Waals surface area contributed by atoms with E-state index in [4.69, 9.17) is 9.15 Å². The van der Waals surface area contributed by atoms with E-state index in [9.17, 15) is 9.59 Å². The molecule has 0 N–H and O–H groups in total. The maximum atomic E-state index is 12.6. The second-order valence-corrected chi connectivity index (χ2v) is 4.86. The standard InChI is InChI=1S/C16H13NO4/c1-8-4-13-12(7-17-8)16(19)15-11(9(2)18)5-10(20-3)6-14(15)21-13/h4-7H,1-3H3. The monoisotopic (exact) mass is 283 g/mol. The molecule has 5 heteroatoms. The van der Waals surface area contributed by atoms with Crippen molar-refractivity contribution in [1.82, 2.24) is 4.98 Å². The third-order valence-electron chi connectivity index (χ3n) is 3.39. The minimum absolute atomic E-state index is 0.217. The number of aromatic nitrogens is 1. The quantitative estimate of drug-likeness (QED) is 0.534. The molecule has 0 aliphatic heterocycles. The number of ketones is 1. The number of nitrogens with zero attached hydrogens (tertiary/aromatic N) is 1. The van der Waals surface area contributed by atoms with Crippen molar-refractivity contribution in [2.24, 2.45) is 0 Å². The maximum Gasteiger partial charge on any atom is 0.202 e. The Hall–Kier alpha value is -2.69. The van der Waals surface area contributed by atoms with Gasteiger partial charge in [0.2, 0.25) is 5.43 Å². The minimum atomic E-state index is -0.258. The van der Waals surface area contributed by atoms with Crippen LogP contribution in [0, 0.1) is 6.92 Å². The summed E-state index contributed by atoms with van der Waals surface area (Å²) in [5.74, 6) is 0.256. The molecular weight excluding hydrogens is 270 g/mol. The fourth-order valence-electron chi connectivity index (χ4n) is 2.34. The van der Waals surface area contributed by atoms with Gasteiger partial charge in [0.15, 0.2) is 5.78 Å². The average Bonchev–Trinajstić information content (AvgIpc) is 2.45. The van der Waals surface area contributed by atoms with Crippen molar-refractivity contribution in [3.8, 4) is 5.75 Å². The van der Waals surface area contributed by atoms with Crippen molar-refractivity contribution in [2.45, 2.75) is 13.8 Å². The van der Waals surface area contributed by atoms with E-state index in [0.29, 0.717) is 27.9 Å². The van der Waals surface area contributed by atoms with Crippen molar-refractivity contribution in [1.29, 1.82) is 0 Å². The highest BCUT2D eigenvalue weighted by Crippen LogP contribution is 2.26. The first-order valence-corrected chi connectivity index (χ1v) is 6.43. The molecule has 0 saturated heterocycles. The van der Waals surface area contributed by atoms with Gasteiger partial charge >= 0.3 is 0 Å². The van der Waals surface area contributed by atoms with Crippen molar-refractivity contribution in [2.75, 3.05) is 7.11 Å². The van der Waals surface area contributed by atoms with Gasteiger partial charge in [-0.2, -0.15) is 0 Å². The van der Waals surface area contributed by atoms with E-state index in [2.05, 4.69) is 4.98 Å². The van der Waals surface area contributed by atoms with Crippen LogP contribution in [0.2, 0.25) is 0 Å². The van der Waals surface area contributed by atoms with Crippen molar-refractivity contribution in [3.63, 3.8) is 0 Å². The number of rotatable bonds is 2. The van der Waals surface area contributed by atoms with Gasteiger partial charge < -0.3 is 9.15 Å². The fourth-order valence-corrected chi connectivity index (χ4v) is 2.34. The molecule has 21 heavy (non-hydrogen) atoms. The summed E-state index contributed by atoms with van der Waals surface area (Å²) in [6, 6.07) is 4.86. The highest BCUT2D eigenvalue weighted by molar-refractivity contribution is 6.08. The third kappa shape index (κ3) is 2.07. The molecule has 2 aromatic heterocycles. The van der Waals surface area contributed by atoms with E-state index in [1.54, 1.807) is 18.2 Å². The predicted octanol–water partition coefficient (Wildman–Crippen LogP) is 2.86. The molecule has 0 unspecified atom stereocenters. The molecule has 3 rings (SSSR count). The van der Waals surface area contributed by atoms with Gasteiger partial charge in [-0.3, -0.25) is 14.6 Å². The van der Waals surface area contributed by atoms with Crippen LogP contribution in [0.25, 0.3) is 21.9 Å². The minimum Gasteiger partial charge on any atom is -0.497 e. The molecule has 0 aliphatic rings. The summed E-state index contributed by atoms with van der Waals surface area (Å²) in [7, 11) is 1.50. The number of aryl methyl sites for hydroxylation is 1. The van der Waals surface area contributed by atoms with Gasteiger partial charge in [-0.15, -0.1) is 0 Å². The fraction of sp³-hybridized carbons (Fsp3) is 0.188. The van der Waals surface area contributed by atoms with Crippen LogP contribution < -0.4 is 10.2 Å². The zero-order chi connectivity index (χ0) is 15.1. The van der Waals surface area contributed by atoms with Crippen LogP contribution in [-0.2, 0) is 0 Å². The SMILES string of the molecule is COc1cc(C(C)=O)c2c(=O)c3cnc(C)cc3oc2c1.